The number of nitrogens with zero attached hydrogens (tertiary/aromatic N) is 7. The number of carbonyl (C=O) groups is 1. The molecule has 8 nitrogen and oxygen atoms in total. The van der Waals surface area contributed by atoms with Crippen LogP contribution in [0.2, 0.25) is 0 Å². The number of carbonyl (C=O) groups excluding carboxylic acids is 1. The normalized spacial score (nSPS) is 18.5. The van der Waals surface area contributed by atoms with Gasteiger partial charge in [0.15, 0.2) is 11.5 Å². The Hall–Kier alpha value is -3.03. The standard InChI is InChI=1S/C22H27N7O/c1-16(18-7-8-18)28(15-17-5-3-2-4-6-17)22(30)19-11-13-27(14-12-19)21-10-9-20-23-25-26-29(20)24-21/h2-6,9-10,16,18-19H,7-8,11-15H2,1H3. The summed E-state index contributed by atoms with van der Waals surface area (Å²) in [5, 5.41) is 15.9. The molecule has 1 aliphatic heterocycles. The summed E-state index contributed by atoms with van der Waals surface area (Å²) >= 11 is 0. The summed E-state index contributed by atoms with van der Waals surface area (Å²) in [4.78, 5) is 17.9. The molecule has 2 aliphatic rings. The van der Waals surface area contributed by atoms with Crippen molar-refractivity contribution in [3.8, 4) is 0 Å². The fourth-order valence-electron chi connectivity index (χ4n) is 4.43. The van der Waals surface area contributed by atoms with E-state index in [0.29, 0.717) is 30.1 Å². The number of hydrogen-bond acceptors (Lipinski definition) is 6. The number of piperidine rings is 1. The number of anilines is 1. The molecule has 2 aromatic heterocycles. The summed E-state index contributed by atoms with van der Waals surface area (Å²) < 4.78 is 1.45. The lowest BCUT2D eigenvalue weighted by atomic mass is 9.94. The first-order valence-corrected chi connectivity index (χ1v) is 10.8. The maximum Gasteiger partial charge on any atom is 0.226 e. The lowest BCUT2D eigenvalue weighted by Gasteiger charge is -2.37. The van der Waals surface area contributed by atoms with Crippen LogP contribution in [-0.4, -0.2) is 55.2 Å². The first-order valence-electron chi connectivity index (χ1n) is 10.8. The van der Waals surface area contributed by atoms with Crippen molar-refractivity contribution in [2.45, 2.75) is 45.2 Å². The zero-order valence-corrected chi connectivity index (χ0v) is 17.3. The van der Waals surface area contributed by atoms with Crippen LogP contribution in [0.15, 0.2) is 42.5 Å². The number of amides is 1. The third-order valence-corrected chi connectivity index (χ3v) is 6.50. The Balaban J connectivity index is 1.26. The first kappa shape index (κ1) is 19.0. The first-order chi connectivity index (χ1) is 14.7. The summed E-state index contributed by atoms with van der Waals surface area (Å²) in [6, 6.07) is 14.5. The molecule has 2 fully saturated rings. The number of rotatable bonds is 6. The van der Waals surface area contributed by atoms with Crippen LogP contribution in [0.4, 0.5) is 5.82 Å². The molecule has 5 rings (SSSR count). The lowest BCUT2D eigenvalue weighted by molar-refractivity contribution is -0.139. The van der Waals surface area contributed by atoms with Crippen molar-refractivity contribution < 1.29 is 4.79 Å². The number of tetrazole rings is 1. The van der Waals surface area contributed by atoms with Crippen molar-refractivity contribution in [3.63, 3.8) is 0 Å². The van der Waals surface area contributed by atoms with Crippen LogP contribution in [0, 0.1) is 11.8 Å². The molecule has 0 N–H and O–H groups in total. The summed E-state index contributed by atoms with van der Waals surface area (Å²) in [6.45, 7) is 4.55. The van der Waals surface area contributed by atoms with Crippen LogP contribution in [0.25, 0.3) is 5.65 Å². The quantitative estimate of drug-likeness (QED) is 0.627. The van der Waals surface area contributed by atoms with Gasteiger partial charge in [-0.1, -0.05) is 30.3 Å². The minimum Gasteiger partial charge on any atom is -0.355 e. The van der Waals surface area contributed by atoms with E-state index < -0.39 is 0 Å². The van der Waals surface area contributed by atoms with Gasteiger partial charge in [0.05, 0.1) is 0 Å². The average Bonchev–Trinajstić information content (AvgIpc) is 3.54. The van der Waals surface area contributed by atoms with Crippen LogP contribution in [0.1, 0.15) is 38.2 Å². The van der Waals surface area contributed by atoms with Gasteiger partial charge in [-0.2, -0.15) is 0 Å². The molecule has 3 heterocycles. The van der Waals surface area contributed by atoms with Crippen LogP contribution in [0.3, 0.4) is 0 Å². The van der Waals surface area contributed by atoms with Gasteiger partial charge in [-0.05, 0) is 66.6 Å². The van der Waals surface area contributed by atoms with Gasteiger partial charge in [0.2, 0.25) is 5.91 Å². The van der Waals surface area contributed by atoms with Gasteiger partial charge in [0.25, 0.3) is 0 Å². The van der Waals surface area contributed by atoms with E-state index in [1.165, 1.54) is 23.0 Å². The molecule has 1 amide bonds. The Kier molecular flexibility index (Phi) is 5.06. The molecule has 3 aromatic rings. The second-order valence-electron chi connectivity index (χ2n) is 8.51. The van der Waals surface area contributed by atoms with E-state index in [0.717, 1.165) is 31.7 Å². The highest BCUT2D eigenvalue weighted by atomic mass is 16.2. The smallest absolute Gasteiger partial charge is 0.226 e. The van der Waals surface area contributed by atoms with E-state index in [2.05, 4.69) is 49.5 Å². The molecule has 0 radical (unpaired) electrons. The van der Waals surface area contributed by atoms with Gasteiger partial charge < -0.3 is 9.80 Å². The van der Waals surface area contributed by atoms with E-state index in [-0.39, 0.29) is 5.92 Å². The highest BCUT2D eigenvalue weighted by Crippen LogP contribution is 2.37. The van der Waals surface area contributed by atoms with Crippen molar-refractivity contribution in [2.75, 3.05) is 18.0 Å². The van der Waals surface area contributed by atoms with Gasteiger partial charge in [-0.3, -0.25) is 4.79 Å². The molecule has 1 saturated carbocycles. The zero-order chi connectivity index (χ0) is 20.5. The van der Waals surface area contributed by atoms with Crippen LogP contribution >= 0.6 is 0 Å². The van der Waals surface area contributed by atoms with Crippen molar-refractivity contribution in [2.24, 2.45) is 11.8 Å². The second-order valence-corrected chi connectivity index (χ2v) is 8.51. The lowest BCUT2D eigenvalue weighted by Crippen LogP contribution is -2.46. The van der Waals surface area contributed by atoms with E-state index in [9.17, 15) is 4.79 Å². The van der Waals surface area contributed by atoms with Crippen molar-refractivity contribution in [1.82, 2.24) is 30.2 Å². The van der Waals surface area contributed by atoms with Gasteiger partial charge in [-0.15, -0.1) is 14.8 Å². The SMILES string of the molecule is CC(C1CC1)N(Cc1ccccc1)C(=O)C1CCN(c2ccc3nnnn3n2)CC1. The summed E-state index contributed by atoms with van der Waals surface area (Å²) in [6.07, 6.45) is 4.17. The minimum absolute atomic E-state index is 0.0722. The fraction of sp³-hybridized carbons (Fsp3) is 0.500. The Morgan fingerprint density at radius 2 is 1.87 bits per heavy atom. The topological polar surface area (TPSA) is 79.5 Å². The molecule has 1 aromatic carbocycles. The van der Waals surface area contributed by atoms with Crippen LogP contribution < -0.4 is 4.90 Å². The number of hydrogen-bond donors (Lipinski definition) is 0. The van der Waals surface area contributed by atoms with Crippen molar-refractivity contribution in [1.29, 1.82) is 0 Å². The van der Waals surface area contributed by atoms with E-state index in [1.807, 2.05) is 30.3 Å². The van der Waals surface area contributed by atoms with Crippen molar-refractivity contribution >= 4 is 17.4 Å². The van der Waals surface area contributed by atoms with Gasteiger partial charge in [-0.25, -0.2) is 0 Å². The monoisotopic (exact) mass is 405 g/mol. The molecule has 1 atom stereocenters. The third-order valence-electron chi connectivity index (χ3n) is 6.50. The fourth-order valence-corrected chi connectivity index (χ4v) is 4.43. The molecular formula is C22H27N7O. The molecule has 156 valence electrons. The second kappa shape index (κ2) is 8.01. The molecular weight excluding hydrogens is 378 g/mol. The predicted molar refractivity (Wildman–Crippen MR) is 113 cm³/mol. The van der Waals surface area contributed by atoms with Crippen LogP contribution in [-0.2, 0) is 11.3 Å². The Labute approximate surface area is 175 Å². The van der Waals surface area contributed by atoms with Crippen molar-refractivity contribution in [3.05, 3.63) is 48.0 Å². The van der Waals surface area contributed by atoms with Crippen LogP contribution in [0.5, 0.6) is 0 Å². The van der Waals surface area contributed by atoms with E-state index >= 15 is 0 Å². The molecule has 30 heavy (non-hydrogen) atoms. The number of fused-ring (bicyclic) bond motifs is 1. The van der Waals surface area contributed by atoms with Gasteiger partial charge >= 0.3 is 0 Å². The summed E-state index contributed by atoms with van der Waals surface area (Å²) in [7, 11) is 0. The van der Waals surface area contributed by atoms with E-state index in [1.54, 1.807) is 0 Å². The highest BCUT2D eigenvalue weighted by molar-refractivity contribution is 5.79. The summed E-state index contributed by atoms with van der Waals surface area (Å²) in [5.74, 6) is 1.89. The number of benzene rings is 1. The molecule has 1 unspecified atom stereocenters. The summed E-state index contributed by atoms with van der Waals surface area (Å²) in [5.41, 5.74) is 1.84. The average molecular weight is 406 g/mol. The molecule has 8 heteroatoms. The predicted octanol–water partition coefficient (Wildman–Crippen LogP) is 2.56. The molecule has 0 spiro atoms. The Morgan fingerprint density at radius 3 is 2.60 bits per heavy atom. The van der Waals surface area contributed by atoms with E-state index in [4.69, 9.17) is 0 Å². The largest absolute Gasteiger partial charge is 0.355 e. The van der Waals surface area contributed by atoms with Gasteiger partial charge in [0.1, 0.15) is 0 Å². The maximum absolute atomic E-state index is 13.5. The Bertz CT molecular complexity index is 1010. The molecule has 1 aliphatic carbocycles. The Morgan fingerprint density at radius 1 is 1.10 bits per heavy atom. The maximum atomic E-state index is 13.5. The highest BCUT2D eigenvalue weighted by Gasteiger charge is 2.37. The van der Waals surface area contributed by atoms with Gasteiger partial charge in [0, 0.05) is 31.6 Å². The number of aromatic nitrogens is 5. The zero-order valence-electron chi connectivity index (χ0n) is 17.3. The third kappa shape index (κ3) is 3.86. The molecule has 0 bridgehead atoms. The molecule has 1 saturated heterocycles. The minimum atomic E-state index is 0.0722.